The summed E-state index contributed by atoms with van der Waals surface area (Å²) in [6.45, 7) is 2.59. The molecule has 0 spiro atoms. The van der Waals surface area contributed by atoms with E-state index in [0.717, 1.165) is 25.7 Å². The lowest BCUT2D eigenvalue weighted by molar-refractivity contribution is -0.119. The molecular weight excluding hydrogens is 302 g/mol. The fraction of sp³-hybridized carbons (Fsp3) is 0.500. The van der Waals surface area contributed by atoms with Crippen molar-refractivity contribution in [3.8, 4) is 0 Å². The van der Waals surface area contributed by atoms with Crippen molar-refractivity contribution < 1.29 is 9.59 Å². The molecule has 1 aliphatic carbocycles. The van der Waals surface area contributed by atoms with Gasteiger partial charge in [0.05, 0.1) is 10.6 Å². The fourth-order valence-electron chi connectivity index (χ4n) is 2.61. The Hall–Kier alpha value is -1.59. The molecule has 4 N–H and O–H groups in total. The van der Waals surface area contributed by atoms with E-state index in [4.69, 9.17) is 17.3 Å². The lowest BCUT2D eigenvalue weighted by atomic mass is 10.1. The molecule has 22 heavy (non-hydrogen) atoms. The zero-order chi connectivity index (χ0) is 16.1. The van der Waals surface area contributed by atoms with Gasteiger partial charge in [0.1, 0.15) is 0 Å². The van der Waals surface area contributed by atoms with Crippen LogP contribution in [0, 0.1) is 5.92 Å². The predicted octanol–water partition coefficient (Wildman–Crippen LogP) is 2.55. The van der Waals surface area contributed by atoms with Crippen LogP contribution in [0.1, 0.15) is 43.0 Å². The molecule has 0 bridgehead atoms. The Labute approximate surface area is 135 Å². The Kier molecular flexibility index (Phi) is 5.80. The highest BCUT2D eigenvalue weighted by molar-refractivity contribution is 6.34. The topological polar surface area (TPSA) is 84.2 Å². The van der Waals surface area contributed by atoms with Crippen LogP contribution >= 0.6 is 11.6 Å². The summed E-state index contributed by atoms with van der Waals surface area (Å²) < 4.78 is 0. The van der Waals surface area contributed by atoms with Crippen LogP contribution in [0.5, 0.6) is 0 Å². The first-order valence-corrected chi connectivity index (χ1v) is 8.03. The van der Waals surface area contributed by atoms with E-state index >= 15 is 0 Å². The number of nitrogens with two attached hydrogens (primary N) is 1. The highest BCUT2D eigenvalue weighted by Crippen LogP contribution is 2.27. The summed E-state index contributed by atoms with van der Waals surface area (Å²) in [6.07, 6.45) is 3.28. The molecule has 2 rings (SSSR count). The minimum absolute atomic E-state index is 0.0350. The van der Waals surface area contributed by atoms with Crippen LogP contribution in [0.2, 0.25) is 5.02 Å². The molecule has 1 aliphatic rings. The zero-order valence-electron chi connectivity index (χ0n) is 12.7. The third-order valence-electron chi connectivity index (χ3n) is 3.86. The van der Waals surface area contributed by atoms with Gasteiger partial charge in [-0.05, 0) is 43.9 Å². The van der Waals surface area contributed by atoms with Crippen molar-refractivity contribution >= 4 is 29.1 Å². The van der Waals surface area contributed by atoms with Crippen LogP contribution in [0.4, 0.5) is 5.69 Å². The summed E-state index contributed by atoms with van der Waals surface area (Å²) in [7, 11) is 0. The number of halogens is 1. The second-order valence-electron chi connectivity index (χ2n) is 5.71. The number of hydrogen-bond donors (Lipinski definition) is 3. The number of rotatable bonds is 5. The Balaban J connectivity index is 2.00. The maximum Gasteiger partial charge on any atom is 0.252 e. The molecule has 0 radical (unpaired) electrons. The maximum atomic E-state index is 12.1. The minimum atomic E-state index is -0.202. The van der Waals surface area contributed by atoms with Gasteiger partial charge in [-0.3, -0.25) is 9.59 Å². The Morgan fingerprint density at radius 1 is 1.36 bits per heavy atom. The van der Waals surface area contributed by atoms with Gasteiger partial charge in [-0.15, -0.1) is 0 Å². The average molecular weight is 324 g/mol. The first-order valence-electron chi connectivity index (χ1n) is 7.65. The molecule has 0 aromatic heterocycles. The van der Waals surface area contributed by atoms with Crippen molar-refractivity contribution in [3.63, 3.8) is 0 Å². The summed E-state index contributed by atoms with van der Waals surface area (Å²) in [6, 6.07) is 5.04. The van der Waals surface area contributed by atoms with Crippen molar-refractivity contribution in [2.24, 2.45) is 11.7 Å². The lowest BCUT2D eigenvalue weighted by Gasteiger charge is -2.12. The van der Waals surface area contributed by atoms with Crippen LogP contribution < -0.4 is 16.4 Å². The molecule has 1 saturated carbocycles. The molecule has 120 valence electrons. The summed E-state index contributed by atoms with van der Waals surface area (Å²) >= 11 is 6.14. The highest BCUT2D eigenvalue weighted by atomic mass is 35.5. The third-order valence-corrected chi connectivity index (χ3v) is 4.17. The number of benzene rings is 1. The monoisotopic (exact) mass is 323 g/mol. The highest BCUT2D eigenvalue weighted by Gasteiger charge is 2.27. The second-order valence-corrected chi connectivity index (χ2v) is 6.12. The molecule has 1 aromatic carbocycles. The normalized spacial score (nSPS) is 20.7. The molecule has 0 aliphatic heterocycles. The Morgan fingerprint density at radius 3 is 2.73 bits per heavy atom. The van der Waals surface area contributed by atoms with Crippen LogP contribution in [0.25, 0.3) is 0 Å². The van der Waals surface area contributed by atoms with E-state index in [2.05, 4.69) is 10.6 Å². The van der Waals surface area contributed by atoms with Crippen molar-refractivity contribution in [2.75, 3.05) is 11.9 Å². The van der Waals surface area contributed by atoms with Gasteiger partial charge in [-0.2, -0.15) is 0 Å². The third kappa shape index (κ3) is 4.21. The summed E-state index contributed by atoms with van der Waals surface area (Å²) in [4.78, 5) is 24.0. The van der Waals surface area contributed by atoms with Crippen LogP contribution in [0.3, 0.4) is 0 Å². The van der Waals surface area contributed by atoms with E-state index in [1.807, 2.05) is 6.92 Å². The Bertz CT molecular complexity index is 562. The smallest absolute Gasteiger partial charge is 0.252 e. The number of nitrogens with one attached hydrogen (secondary N) is 2. The molecule has 6 heteroatoms. The molecule has 1 fully saturated rings. The van der Waals surface area contributed by atoms with Crippen LogP contribution in [-0.4, -0.2) is 24.4 Å². The van der Waals surface area contributed by atoms with E-state index in [0.29, 0.717) is 22.8 Å². The van der Waals surface area contributed by atoms with Crippen molar-refractivity contribution in [1.82, 2.24) is 5.32 Å². The maximum absolute atomic E-state index is 12.1. The van der Waals surface area contributed by atoms with E-state index < -0.39 is 0 Å². The molecule has 0 saturated heterocycles. The molecule has 2 unspecified atom stereocenters. The summed E-state index contributed by atoms with van der Waals surface area (Å²) in [5, 5.41) is 5.95. The number of carbonyl (C=O) groups excluding carboxylic acids is 2. The predicted molar refractivity (Wildman–Crippen MR) is 88.0 cm³/mol. The van der Waals surface area contributed by atoms with Gasteiger partial charge in [0.25, 0.3) is 5.91 Å². The number of anilines is 1. The minimum Gasteiger partial charge on any atom is -0.352 e. The van der Waals surface area contributed by atoms with E-state index in [1.165, 1.54) is 0 Å². The van der Waals surface area contributed by atoms with Crippen LogP contribution in [-0.2, 0) is 4.79 Å². The molecule has 1 aromatic rings. The van der Waals surface area contributed by atoms with Gasteiger partial charge in [-0.25, -0.2) is 0 Å². The van der Waals surface area contributed by atoms with Gasteiger partial charge >= 0.3 is 0 Å². The largest absolute Gasteiger partial charge is 0.352 e. The first kappa shape index (κ1) is 16.8. The summed E-state index contributed by atoms with van der Waals surface area (Å²) in [5.74, 6) is -0.278. The fourth-order valence-corrected chi connectivity index (χ4v) is 2.88. The van der Waals surface area contributed by atoms with Crippen molar-refractivity contribution in [3.05, 3.63) is 28.8 Å². The SMILES string of the molecule is CCCNC(=O)c1ccc(NC(=O)C2CCC(N)C2)cc1Cl. The average Bonchev–Trinajstić information content (AvgIpc) is 2.91. The number of hydrogen-bond acceptors (Lipinski definition) is 3. The molecule has 5 nitrogen and oxygen atoms in total. The van der Waals surface area contributed by atoms with Crippen molar-refractivity contribution in [1.29, 1.82) is 0 Å². The van der Waals surface area contributed by atoms with E-state index in [9.17, 15) is 9.59 Å². The standard InChI is InChI=1S/C16H22ClN3O2/c1-2-7-19-16(22)13-6-5-12(9-14(13)17)20-15(21)10-3-4-11(18)8-10/h5-6,9-11H,2-4,7-8,18H2,1H3,(H,19,22)(H,20,21). The van der Waals surface area contributed by atoms with Crippen LogP contribution in [0.15, 0.2) is 18.2 Å². The lowest BCUT2D eigenvalue weighted by Crippen LogP contribution is -2.25. The molecular formula is C16H22ClN3O2. The van der Waals surface area contributed by atoms with Gasteiger partial charge in [0.15, 0.2) is 0 Å². The van der Waals surface area contributed by atoms with Gasteiger partial charge in [0.2, 0.25) is 5.91 Å². The number of amides is 2. The quantitative estimate of drug-likeness (QED) is 0.778. The van der Waals surface area contributed by atoms with E-state index in [1.54, 1.807) is 18.2 Å². The summed E-state index contributed by atoms with van der Waals surface area (Å²) in [5.41, 5.74) is 6.84. The first-order chi connectivity index (χ1) is 10.5. The van der Waals surface area contributed by atoms with Gasteiger partial charge in [0, 0.05) is 24.2 Å². The molecule has 2 amide bonds. The van der Waals surface area contributed by atoms with Gasteiger partial charge < -0.3 is 16.4 Å². The van der Waals surface area contributed by atoms with Gasteiger partial charge in [-0.1, -0.05) is 18.5 Å². The van der Waals surface area contributed by atoms with Crippen molar-refractivity contribution in [2.45, 2.75) is 38.6 Å². The molecule has 0 heterocycles. The Morgan fingerprint density at radius 2 is 2.14 bits per heavy atom. The van der Waals surface area contributed by atoms with E-state index in [-0.39, 0.29) is 23.8 Å². The zero-order valence-corrected chi connectivity index (χ0v) is 13.5. The number of carbonyl (C=O) groups is 2. The second kappa shape index (κ2) is 7.61. The molecule has 2 atom stereocenters.